The lowest BCUT2D eigenvalue weighted by molar-refractivity contribution is 0.319. The van der Waals surface area contributed by atoms with Gasteiger partial charge < -0.3 is 4.42 Å². The molecule has 0 amide bonds. The Morgan fingerprint density at radius 2 is 1.65 bits per heavy atom. The summed E-state index contributed by atoms with van der Waals surface area (Å²) in [5, 5.41) is 3.97. The van der Waals surface area contributed by atoms with Crippen LogP contribution in [0.3, 0.4) is 0 Å². The van der Waals surface area contributed by atoms with Gasteiger partial charge in [0.1, 0.15) is 5.58 Å². The van der Waals surface area contributed by atoms with E-state index >= 15 is 0 Å². The fraction of sp³-hybridized carbons (Fsp3) is 0.136. The predicted octanol–water partition coefficient (Wildman–Crippen LogP) is 5.23. The molecule has 0 saturated heterocycles. The maximum absolute atomic E-state index is 12.0. The first kappa shape index (κ1) is 16.8. The molecule has 0 aliphatic heterocycles. The van der Waals surface area contributed by atoms with Crippen molar-refractivity contribution in [3.8, 4) is 0 Å². The van der Waals surface area contributed by atoms with Crippen LogP contribution in [-0.4, -0.2) is 11.9 Å². The Labute approximate surface area is 156 Å². The van der Waals surface area contributed by atoms with Crippen molar-refractivity contribution in [2.24, 2.45) is 0 Å². The normalized spacial score (nSPS) is 11.5. The lowest BCUT2D eigenvalue weighted by Gasteiger charge is -2.19. The highest BCUT2D eigenvalue weighted by atomic mass is 35.5. The van der Waals surface area contributed by atoms with Gasteiger partial charge in [0.05, 0.1) is 0 Å². The van der Waals surface area contributed by atoms with Crippen molar-refractivity contribution in [2.45, 2.75) is 13.1 Å². The van der Waals surface area contributed by atoms with Gasteiger partial charge in [-0.1, -0.05) is 60.1 Å². The third kappa shape index (κ3) is 3.24. The highest BCUT2D eigenvalue weighted by molar-refractivity contribution is 6.31. The Balaban J connectivity index is 1.77. The zero-order valence-electron chi connectivity index (χ0n) is 14.4. The van der Waals surface area contributed by atoms with Crippen molar-refractivity contribution in [1.29, 1.82) is 0 Å². The van der Waals surface area contributed by atoms with Crippen LogP contribution in [-0.2, 0) is 13.1 Å². The number of nitrogens with zero attached hydrogens (tertiary/aromatic N) is 1. The molecule has 0 atom stereocenters. The highest BCUT2D eigenvalue weighted by Gasteiger charge is 2.12. The molecule has 0 fully saturated rings. The van der Waals surface area contributed by atoms with E-state index in [1.165, 1.54) is 0 Å². The number of hydrogen-bond donors (Lipinski definition) is 0. The third-order valence-corrected chi connectivity index (χ3v) is 4.92. The Kier molecular flexibility index (Phi) is 4.49. The SMILES string of the molecule is CN(Cc1ccccc1Cl)Cc1cc(=O)oc2ccc3ccccc3c12. The Hall–Kier alpha value is -2.62. The van der Waals surface area contributed by atoms with Gasteiger partial charge in [0.25, 0.3) is 0 Å². The molecule has 0 spiro atoms. The molecule has 0 aliphatic rings. The van der Waals surface area contributed by atoms with Gasteiger partial charge in [-0.2, -0.15) is 0 Å². The van der Waals surface area contributed by atoms with Gasteiger partial charge in [0.2, 0.25) is 0 Å². The second-order valence-corrected chi connectivity index (χ2v) is 6.92. The molecule has 3 nitrogen and oxygen atoms in total. The summed E-state index contributed by atoms with van der Waals surface area (Å²) in [6, 6.07) is 21.4. The lowest BCUT2D eigenvalue weighted by atomic mass is 10.0. The zero-order chi connectivity index (χ0) is 18.1. The van der Waals surface area contributed by atoms with Crippen molar-refractivity contribution in [3.05, 3.63) is 93.3 Å². The molecule has 4 aromatic rings. The summed E-state index contributed by atoms with van der Waals surface area (Å²) in [6.07, 6.45) is 0. The number of halogens is 1. The van der Waals surface area contributed by atoms with E-state index in [0.29, 0.717) is 18.7 Å². The molecule has 0 saturated carbocycles. The van der Waals surface area contributed by atoms with Gasteiger partial charge in [-0.15, -0.1) is 0 Å². The van der Waals surface area contributed by atoms with Crippen LogP contribution in [0.15, 0.2) is 75.9 Å². The first-order valence-corrected chi connectivity index (χ1v) is 8.86. The van der Waals surface area contributed by atoms with E-state index in [1.807, 2.05) is 55.6 Å². The molecule has 1 heterocycles. The van der Waals surface area contributed by atoms with Crippen molar-refractivity contribution < 1.29 is 4.42 Å². The second kappa shape index (κ2) is 6.94. The number of fused-ring (bicyclic) bond motifs is 3. The van der Waals surface area contributed by atoms with Crippen LogP contribution in [0.5, 0.6) is 0 Å². The van der Waals surface area contributed by atoms with Crippen molar-refractivity contribution in [2.75, 3.05) is 7.05 Å². The van der Waals surface area contributed by atoms with E-state index in [-0.39, 0.29) is 5.63 Å². The lowest BCUT2D eigenvalue weighted by Crippen LogP contribution is -2.18. The second-order valence-electron chi connectivity index (χ2n) is 6.51. The van der Waals surface area contributed by atoms with Crippen LogP contribution in [0.1, 0.15) is 11.1 Å². The monoisotopic (exact) mass is 363 g/mol. The van der Waals surface area contributed by atoms with Crippen LogP contribution >= 0.6 is 11.6 Å². The van der Waals surface area contributed by atoms with Gasteiger partial charge in [-0.25, -0.2) is 4.79 Å². The van der Waals surface area contributed by atoms with E-state index < -0.39 is 0 Å². The third-order valence-electron chi connectivity index (χ3n) is 4.55. The molecule has 0 N–H and O–H groups in total. The quantitative estimate of drug-likeness (QED) is 0.367. The minimum Gasteiger partial charge on any atom is -0.423 e. The van der Waals surface area contributed by atoms with Gasteiger partial charge in [-0.05, 0) is 41.1 Å². The van der Waals surface area contributed by atoms with E-state index in [1.54, 1.807) is 6.07 Å². The summed E-state index contributed by atoms with van der Waals surface area (Å²) >= 11 is 6.28. The first-order chi connectivity index (χ1) is 12.6. The van der Waals surface area contributed by atoms with Gasteiger partial charge >= 0.3 is 5.63 Å². The molecule has 0 aliphatic carbocycles. The topological polar surface area (TPSA) is 33.5 Å². The molecule has 26 heavy (non-hydrogen) atoms. The van der Waals surface area contributed by atoms with Crippen molar-refractivity contribution in [3.63, 3.8) is 0 Å². The summed E-state index contributed by atoms with van der Waals surface area (Å²) in [7, 11) is 2.02. The predicted molar refractivity (Wildman–Crippen MR) is 107 cm³/mol. The molecule has 3 aromatic carbocycles. The number of benzene rings is 3. The Morgan fingerprint density at radius 3 is 2.50 bits per heavy atom. The van der Waals surface area contributed by atoms with E-state index in [9.17, 15) is 4.79 Å². The summed E-state index contributed by atoms with van der Waals surface area (Å²) in [5.41, 5.74) is 2.32. The van der Waals surface area contributed by atoms with Gasteiger partial charge in [0.15, 0.2) is 0 Å². The summed E-state index contributed by atoms with van der Waals surface area (Å²) in [4.78, 5) is 14.2. The average Bonchev–Trinajstić information content (AvgIpc) is 2.63. The zero-order valence-corrected chi connectivity index (χ0v) is 15.2. The first-order valence-electron chi connectivity index (χ1n) is 8.48. The fourth-order valence-electron chi connectivity index (χ4n) is 3.41. The molecule has 0 unspecified atom stereocenters. The van der Waals surface area contributed by atoms with Crippen LogP contribution in [0.4, 0.5) is 0 Å². The van der Waals surface area contributed by atoms with Crippen LogP contribution in [0.2, 0.25) is 5.02 Å². The smallest absolute Gasteiger partial charge is 0.336 e. The van der Waals surface area contributed by atoms with Gasteiger partial charge in [-0.3, -0.25) is 4.90 Å². The van der Waals surface area contributed by atoms with Crippen LogP contribution < -0.4 is 5.63 Å². The maximum Gasteiger partial charge on any atom is 0.336 e. The van der Waals surface area contributed by atoms with E-state index in [0.717, 1.165) is 32.3 Å². The summed E-state index contributed by atoms with van der Waals surface area (Å²) in [5.74, 6) is 0. The van der Waals surface area contributed by atoms with Crippen LogP contribution in [0, 0.1) is 0 Å². The highest BCUT2D eigenvalue weighted by Crippen LogP contribution is 2.28. The van der Waals surface area contributed by atoms with Crippen molar-refractivity contribution >= 4 is 33.3 Å². The average molecular weight is 364 g/mol. The molecular formula is C22H18ClNO2. The molecule has 0 bridgehead atoms. The molecular weight excluding hydrogens is 346 g/mol. The van der Waals surface area contributed by atoms with Gasteiger partial charge in [0, 0.05) is 29.6 Å². The number of hydrogen-bond acceptors (Lipinski definition) is 3. The Bertz CT molecular complexity index is 1150. The minimum atomic E-state index is -0.325. The number of rotatable bonds is 4. The summed E-state index contributed by atoms with van der Waals surface area (Å²) in [6.45, 7) is 1.33. The molecule has 0 radical (unpaired) electrons. The molecule has 4 heteroatoms. The van der Waals surface area contributed by atoms with Crippen molar-refractivity contribution in [1.82, 2.24) is 4.90 Å². The summed E-state index contributed by atoms with van der Waals surface area (Å²) < 4.78 is 5.43. The Morgan fingerprint density at radius 1 is 0.923 bits per heavy atom. The fourth-order valence-corrected chi connectivity index (χ4v) is 3.60. The van der Waals surface area contributed by atoms with Crippen LogP contribution in [0.25, 0.3) is 21.7 Å². The van der Waals surface area contributed by atoms with E-state index in [4.69, 9.17) is 16.0 Å². The largest absolute Gasteiger partial charge is 0.423 e. The molecule has 1 aromatic heterocycles. The maximum atomic E-state index is 12.0. The molecule has 4 rings (SSSR count). The standard InChI is InChI=1S/C22H18ClNO2/c1-24(13-16-7-3-5-9-19(16)23)14-17-12-21(25)26-20-11-10-15-6-2-4-8-18(15)22(17)20/h2-12H,13-14H2,1H3. The minimum absolute atomic E-state index is 0.325. The molecule has 130 valence electrons. The van der Waals surface area contributed by atoms with E-state index in [2.05, 4.69) is 17.0 Å².